The maximum absolute atomic E-state index is 11.7. The summed E-state index contributed by atoms with van der Waals surface area (Å²) in [6.07, 6.45) is 0. The highest BCUT2D eigenvalue weighted by molar-refractivity contribution is 6.43. The van der Waals surface area contributed by atoms with Crippen LogP contribution < -0.4 is 4.90 Å². The molecule has 2 aromatic heterocycles. The van der Waals surface area contributed by atoms with Crippen LogP contribution in [0, 0.1) is 0 Å². The second-order valence-electron chi connectivity index (χ2n) is 8.04. The van der Waals surface area contributed by atoms with Gasteiger partial charge in [-0.15, -0.1) is 0 Å². The molecule has 180 valence electrons. The van der Waals surface area contributed by atoms with Crippen LogP contribution in [0.15, 0.2) is 57.6 Å². The molecule has 3 heterocycles. The molecule has 0 N–H and O–H groups in total. The highest BCUT2D eigenvalue weighted by Gasteiger charge is 2.24. The highest BCUT2D eigenvalue weighted by Crippen LogP contribution is 2.38. The number of hydrogen-bond donors (Lipinski definition) is 0. The molecular weight excluding hydrogens is 513 g/mol. The van der Waals surface area contributed by atoms with Gasteiger partial charge in [-0.25, -0.2) is 0 Å². The molecule has 0 saturated carbocycles. The standard InChI is InChI=1S/C24H20Cl3N5O3/c1-14(33)31-9-11-32(12-10-31)19-4-2-3-17(25)21(19)18-13-20(34-29-18)15-5-7-16(8-6-15)23-28-24(22(26)27)35-30-23/h2-8,13,22H,9-12H2,1H3. The van der Waals surface area contributed by atoms with Crippen LogP contribution in [-0.2, 0) is 4.79 Å². The fraction of sp³-hybridized carbons (Fsp3) is 0.250. The maximum Gasteiger partial charge on any atom is 0.260 e. The van der Waals surface area contributed by atoms with Crippen molar-refractivity contribution in [3.8, 4) is 34.0 Å². The molecule has 0 radical (unpaired) electrons. The van der Waals surface area contributed by atoms with E-state index >= 15 is 0 Å². The molecule has 0 unspecified atom stereocenters. The van der Waals surface area contributed by atoms with Crippen molar-refractivity contribution >= 4 is 46.4 Å². The lowest BCUT2D eigenvalue weighted by Crippen LogP contribution is -2.48. The summed E-state index contributed by atoms with van der Waals surface area (Å²) in [4.78, 5) is 19.1. The second-order valence-corrected chi connectivity index (χ2v) is 9.54. The van der Waals surface area contributed by atoms with E-state index in [1.54, 1.807) is 6.92 Å². The number of anilines is 1. The average molecular weight is 533 g/mol. The van der Waals surface area contributed by atoms with E-state index < -0.39 is 4.84 Å². The average Bonchev–Trinajstić information content (AvgIpc) is 3.55. The number of halogens is 3. The quantitative estimate of drug-likeness (QED) is 0.298. The molecule has 0 spiro atoms. The highest BCUT2D eigenvalue weighted by atomic mass is 35.5. The molecule has 4 aromatic rings. The van der Waals surface area contributed by atoms with E-state index in [-0.39, 0.29) is 11.8 Å². The Morgan fingerprint density at radius 3 is 2.34 bits per heavy atom. The van der Waals surface area contributed by atoms with E-state index in [1.807, 2.05) is 53.4 Å². The topological polar surface area (TPSA) is 88.5 Å². The maximum atomic E-state index is 11.7. The van der Waals surface area contributed by atoms with Crippen LogP contribution in [0.3, 0.4) is 0 Å². The van der Waals surface area contributed by atoms with Crippen molar-refractivity contribution in [1.29, 1.82) is 0 Å². The van der Waals surface area contributed by atoms with Crippen molar-refractivity contribution in [2.45, 2.75) is 11.8 Å². The molecule has 0 bridgehead atoms. The molecule has 1 fully saturated rings. The van der Waals surface area contributed by atoms with Gasteiger partial charge in [0.15, 0.2) is 10.6 Å². The Labute approximate surface area is 216 Å². The first-order valence-electron chi connectivity index (χ1n) is 10.9. The molecule has 0 aliphatic carbocycles. The first-order chi connectivity index (χ1) is 16.9. The van der Waals surface area contributed by atoms with E-state index in [9.17, 15) is 4.79 Å². The number of carbonyl (C=O) groups is 1. The smallest absolute Gasteiger partial charge is 0.260 e. The zero-order valence-corrected chi connectivity index (χ0v) is 20.9. The van der Waals surface area contributed by atoms with E-state index in [4.69, 9.17) is 43.8 Å². The van der Waals surface area contributed by atoms with E-state index in [0.717, 1.165) is 22.4 Å². The van der Waals surface area contributed by atoms with Crippen LogP contribution >= 0.6 is 34.8 Å². The second kappa shape index (κ2) is 9.89. The summed E-state index contributed by atoms with van der Waals surface area (Å²) in [5, 5.41) is 8.79. The molecule has 35 heavy (non-hydrogen) atoms. The first kappa shape index (κ1) is 23.7. The zero-order valence-electron chi connectivity index (χ0n) is 18.6. The van der Waals surface area contributed by atoms with Crippen molar-refractivity contribution in [3.63, 3.8) is 0 Å². The van der Waals surface area contributed by atoms with Crippen LogP contribution in [-0.4, -0.2) is 52.3 Å². The van der Waals surface area contributed by atoms with Gasteiger partial charge in [0.05, 0.1) is 5.02 Å². The lowest BCUT2D eigenvalue weighted by Gasteiger charge is -2.36. The minimum absolute atomic E-state index is 0.0881. The van der Waals surface area contributed by atoms with E-state index in [0.29, 0.717) is 48.5 Å². The number of nitrogens with zero attached hydrogens (tertiary/aromatic N) is 5. The Balaban J connectivity index is 1.39. The summed E-state index contributed by atoms with van der Waals surface area (Å²) in [5.74, 6) is 1.21. The van der Waals surface area contributed by atoms with Crippen molar-refractivity contribution < 1.29 is 13.8 Å². The molecule has 1 amide bonds. The van der Waals surface area contributed by atoms with Gasteiger partial charge in [0.1, 0.15) is 5.69 Å². The van der Waals surface area contributed by atoms with Gasteiger partial charge in [0.25, 0.3) is 5.89 Å². The third kappa shape index (κ3) is 4.87. The third-order valence-electron chi connectivity index (χ3n) is 5.88. The Bertz CT molecular complexity index is 1340. The predicted octanol–water partition coefficient (Wildman–Crippen LogP) is 5.86. The summed E-state index contributed by atoms with van der Waals surface area (Å²) in [6, 6.07) is 15.1. The van der Waals surface area contributed by atoms with Gasteiger partial charge in [-0.05, 0) is 12.1 Å². The van der Waals surface area contributed by atoms with Crippen LogP contribution in [0.4, 0.5) is 5.69 Å². The van der Waals surface area contributed by atoms with Crippen molar-refractivity contribution in [2.75, 3.05) is 31.1 Å². The summed E-state index contributed by atoms with van der Waals surface area (Å²) >= 11 is 18.2. The van der Waals surface area contributed by atoms with E-state index in [1.165, 1.54) is 0 Å². The largest absolute Gasteiger partial charge is 0.367 e. The molecular formula is C24H20Cl3N5O3. The van der Waals surface area contributed by atoms with Gasteiger partial charge in [-0.3, -0.25) is 4.79 Å². The molecule has 1 aliphatic rings. The Morgan fingerprint density at radius 2 is 1.69 bits per heavy atom. The van der Waals surface area contributed by atoms with E-state index in [2.05, 4.69) is 20.2 Å². The fourth-order valence-electron chi connectivity index (χ4n) is 4.05. The predicted molar refractivity (Wildman–Crippen MR) is 135 cm³/mol. The molecule has 5 rings (SSSR count). The van der Waals surface area contributed by atoms with Gasteiger partial charge in [0.2, 0.25) is 11.7 Å². The fourth-order valence-corrected chi connectivity index (χ4v) is 4.49. The molecule has 8 nitrogen and oxygen atoms in total. The van der Waals surface area contributed by atoms with Crippen LogP contribution in [0.1, 0.15) is 17.7 Å². The molecule has 1 aliphatic heterocycles. The summed E-state index contributed by atoms with van der Waals surface area (Å²) in [5.41, 5.74) is 3.97. The lowest BCUT2D eigenvalue weighted by atomic mass is 10.1. The van der Waals surface area contributed by atoms with Gasteiger partial charge in [-0.2, -0.15) is 4.98 Å². The first-order valence-corrected chi connectivity index (χ1v) is 12.1. The lowest BCUT2D eigenvalue weighted by molar-refractivity contribution is -0.129. The summed E-state index contributed by atoms with van der Waals surface area (Å²) in [6.45, 7) is 4.35. The molecule has 11 heteroatoms. The number of hydrogen-bond acceptors (Lipinski definition) is 7. The molecule has 2 aromatic carbocycles. The number of amides is 1. The van der Waals surface area contributed by atoms with Gasteiger partial charge in [0, 0.05) is 61.5 Å². The minimum atomic E-state index is -0.879. The number of piperazine rings is 1. The van der Waals surface area contributed by atoms with Crippen LogP contribution in [0.25, 0.3) is 34.0 Å². The van der Waals surface area contributed by atoms with Crippen molar-refractivity contribution in [2.24, 2.45) is 0 Å². The Kier molecular flexibility index (Phi) is 6.69. The van der Waals surface area contributed by atoms with Crippen molar-refractivity contribution in [1.82, 2.24) is 20.2 Å². The Hall–Kier alpha value is -3.07. The monoisotopic (exact) mass is 531 g/mol. The summed E-state index contributed by atoms with van der Waals surface area (Å²) < 4.78 is 10.7. The molecule has 1 saturated heterocycles. The van der Waals surface area contributed by atoms with Gasteiger partial charge < -0.3 is 18.8 Å². The Morgan fingerprint density at radius 1 is 0.971 bits per heavy atom. The number of benzene rings is 2. The van der Waals surface area contributed by atoms with Crippen molar-refractivity contribution in [3.05, 3.63) is 59.4 Å². The number of alkyl halides is 2. The van der Waals surface area contributed by atoms with Crippen LogP contribution in [0.2, 0.25) is 5.02 Å². The minimum Gasteiger partial charge on any atom is -0.367 e. The number of aromatic nitrogens is 3. The van der Waals surface area contributed by atoms with Gasteiger partial charge in [-0.1, -0.05) is 75.4 Å². The third-order valence-corrected chi connectivity index (χ3v) is 6.57. The van der Waals surface area contributed by atoms with Crippen LogP contribution in [0.5, 0.6) is 0 Å². The number of rotatable bonds is 5. The SMILES string of the molecule is CC(=O)N1CCN(c2cccc(Cl)c2-c2cc(-c3ccc(-c4noc(C(Cl)Cl)n4)cc3)on2)CC1. The number of carbonyl (C=O) groups excluding carboxylic acids is 1. The van der Waals surface area contributed by atoms with Gasteiger partial charge >= 0.3 is 0 Å². The molecule has 0 atom stereocenters. The summed E-state index contributed by atoms with van der Waals surface area (Å²) in [7, 11) is 0. The normalized spacial score (nSPS) is 14.1. The zero-order chi connectivity index (χ0) is 24.5.